The van der Waals surface area contributed by atoms with E-state index < -0.39 is 29.7 Å². The molecule has 0 spiro atoms. The number of aromatic nitrogens is 2. The van der Waals surface area contributed by atoms with Crippen LogP contribution in [0.25, 0.3) is 10.4 Å². The van der Waals surface area contributed by atoms with Gasteiger partial charge >= 0.3 is 11.7 Å². The number of rotatable bonds is 4. The molecule has 0 radical (unpaired) electrons. The molecule has 2 rings (SSSR count). The summed E-state index contributed by atoms with van der Waals surface area (Å²) in [5.41, 5.74) is 6.80. The second-order valence-corrected chi connectivity index (χ2v) is 5.54. The van der Waals surface area contributed by atoms with Crippen LogP contribution in [0.2, 0.25) is 0 Å². The van der Waals surface area contributed by atoms with Crippen LogP contribution >= 0.6 is 12.2 Å². The Labute approximate surface area is 135 Å². The van der Waals surface area contributed by atoms with Crippen LogP contribution in [0.5, 0.6) is 0 Å². The first-order valence-corrected chi connectivity index (χ1v) is 7.07. The molecule has 0 amide bonds. The van der Waals surface area contributed by atoms with Crippen LogP contribution < -0.4 is 5.69 Å². The molecule has 2 N–H and O–H groups in total. The summed E-state index contributed by atoms with van der Waals surface area (Å²) in [6.07, 6.45) is -0.685. The molecule has 1 aliphatic rings. The van der Waals surface area contributed by atoms with Crippen LogP contribution in [0.1, 0.15) is 25.1 Å². The Morgan fingerprint density at radius 3 is 3.09 bits per heavy atom. The highest BCUT2D eigenvalue weighted by atomic mass is 32.1. The first-order valence-electron chi connectivity index (χ1n) is 6.66. The van der Waals surface area contributed by atoms with Crippen molar-refractivity contribution in [3.8, 4) is 0 Å². The second kappa shape index (κ2) is 6.50. The zero-order chi connectivity index (χ0) is 17.2. The molecule has 0 saturated carbocycles. The number of hydrogen-bond acceptors (Lipinski definition) is 7. The summed E-state index contributed by atoms with van der Waals surface area (Å²) < 4.78 is 11.9. The number of ether oxygens (including phenoxy) is 2. The maximum atomic E-state index is 12.0. The van der Waals surface area contributed by atoms with E-state index in [2.05, 4.69) is 15.0 Å². The SMILES string of the molecule is CC(=O)OC[C@H]1O[C@@H](n2cc(C)c(=S)[nH]c2=O)C[C@@]1(O)N=[N+]=[N-]. The lowest BCUT2D eigenvalue weighted by molar-refractivity contribution is -0.150. The molecule has 0 aromatic carbocycles. The van der Waals surface area contributed by atoms with E-state index in [1.165, 1.54) is 17.7 Å². The molecule has 124 valence electrons. The van der Waals surface area contributed by atoms with Crippen molar-refractivity contribution < 1.29 is 19.4 Å². The molecular weight excluding hydrogens is 326 g/mol. The number of nitrogens with one attached hydrogen (secondary N) is 1. The predicted octanol–water partition coefficient (Wildman–Crippen LogP) is 1.06. The first kappa shape index (κ1) is 17.2. The zero-order valence-corrected chi connectivity index (χ0v) is 13.2. The lowest BCUT2D eigenvalue weighted by Gasteiger charge is -2.21. The molecule has 1 aromatic rings. The number of esters is 1. The fourth-order valence-electron chi connectivity index (χ4n) is 2.25. The molecular formula is C12H15N5O5S. The Kier molecular flexibility index (Phi) is 4.85. The highest BCUT2D eigenvalue weighted by Crippen LogP contribution is 2.37. The van der Waals surface area contributed by atoms with E-state index in [0.717, 1.165) is 0 Å². The van der Waals surface area contributed by atoms with Gasteiger partial charge in [-0.05, 0) is 12.5 Å². The first-order chi connectivity index (χ1) is 10.8. The van der Waals surface area contributed by atoms with Gasteiger partial charge in [0.05, 0.1) is 0 Å². The number of carbonyl (C=O) groups excluding carboxylic acids is 1. The minimum absolute atomic E-state index is 0.174. The Morgan fingerprint density at radius 1 is 1.78 bits per heavy atom. The van der Waals surface area contributed by atoms with Crippen molar-refractivity contribution in [2.75, 3.05) is 6.61 Å². The number of hydrogen-bond donors (Lipinski definition) is 2. The van der Waals surface area contributed by atoms with Crippen molar-refractivity contribution >= 4 is 18.2 Å². The molecule has 0 aliphatic carbocycles. The van der Waals surface area contributed by atoms with Gasteiger partial charge in [-0.1, -0.05) is 17.3 Å². The molecule has 23 heavy (non-hydrogen) atoms. The lowest BCUT2D eigenvalue weighted by Crippen LogP contribution is -2.39. The third kappa shape index (κ3) is 3.59. The van der Waals surface area contributed by atoms with E-state index >= 15 is 0 Å². The van der Waals surface area contributed by atoms with Crippen LogP contribution in [0.15, 0.2) is 16.1 Å². The van der Waals surface area contributed by atoms with Gasteiger partial charge in [0.15, 0.2) is 5.72 Å². The van der Waals surface area contributed by atoms with Crippen LogP contribution in [-0.4, -0.2) is 39.1 Å². The van der Waals surface area contributed by atoms with Crippen molar-refractivity contribution in [1.82, 2.24) is 9.55 Å². The number of aryl methyl sites for hydroxylation is 1. The maximum Gasteiger partial charge on any atom is 0.328 e. The van der Waals surface area contributed by atoms with Crippen molar-refractivity contribution in [3.63, 3.8) is 0 Å². The molecule has 0 bridgehead atoms. The van der Waals surface area contributed by atoms with Gasteiger partial charge in [-0.25, -0.2) is 4.79 Å². The standard InChI is InChI=1S/C12H15N5O5S/c1-6-4-17(11(19)14-10(6)23)9-3-12(20,15-16-13)8(22-9)5-21-7(2)18/h4,8-9,20H,3,5H2,1-2H3,(H,14,19,23)/t8-,9-,12+/m1/s1. The number of aliphatic hydroxyl groups is 1. The topological polar surface area (TPSA) is 142 Å². The molecule has 2 heterocycles. The predicted molar refractivity (Wildman–Crippen MR) is 79.9 cm³/mol. The molecule has 3 atom stereocenters. The third-order valence-corrected chi connectivity index (χ3v) is 3.85. The molecule has 10 nitrogen and oxygen atoms in total. The van der Waals surface area contributed by atoms with Gasteiger partial charge in [-0.15, -0.1) is 0 Å². The summed E-state index contributed by atoms with van der Waals surface area (Å²) in [6.45, 7) is 2.60. The number of azide groups is 1. The fraction of sp³-hybridized carbons (Fsp3) is 0.583. The van der Waals surface area contributed by atoms with Crippen molar-refractivity contribution in [2.45, 2.75) is 38.3 Å². The maximum absolute atomic E-state index is 12.0. The summed E-state index contributed by atoms with van der Waals surface area (Å²) in [5.74, 6) is -0.572. The van der Waals surface area contributed by atoms with Crippen molar-refractivity contribution in [1.29, 1.82) is 0 Å². The van der Waals surface area contributed by atoms with Crippen LogP contribution in [0.4, 0.5) is 0 Å². The Bertz CT molecular complexity index is 783. The summed E-state index contributed by atoms with van der Waals surface area (Å²) in [4.78, 5) is 28.0. The van der Waals surface area contributed by atoms with Crippen molar-refractivity contribution in [3.05, 3.63) is 37.3 Å². The van der Waals surface area contributed by atoms with Crippen LogP contribution in [-0.2, 0) is 14.3 Å². The van der Waals surface area contributed by atoms with Gasteiger partial charge in [-0.3, -0.25) is 14.3 Å². The monoisotopic (exact) mass is 341 g/mol. The lowest BCUT2D eigenvalue weighted by atomic mass is 10.1. The van der Waals surface area contributed by atoms with E-state index in [1.54, 1.807) is 6.92 Å². The van der Waals surface area contributed by atoms with Gasteiger partial charge < -0.3 is 14.6 Å². The largest absolute Gasteiger partial charge is 0.463 e. The highest BCUT2D eigenvalue weighted by molar-refractivity contribution is 7.71. The number of H-pyrrole nitrogens is 1. The molecule has 1 aromatic heterocycles. The average molecular weight is 341 g/mol. The molecule has 1 aliphatic heterocycles. The fourth-order valence-corrected chi connectivity index (χ4v) is 2.39. The van der Waals surface area contributed by atoms with E-state index in [9.17, 15) is 14.7 Å². The Hall–Kier alpha value is -2.20. The van der Waals surface area contributed by atoms with Gasteiger partial charge in [0, 0.05) is 30.0 Å². The summed E-state index contributed by atoms with van der Waals surface area (Å²) in [5, 5.41) is 13.8. The van der Waals surface area contributed by atoms with E-state index in [-0.39, 0.29) is 13.0 Å². The second-order valence-electron chi connectivity index (χ2n) is 5.13. The number of nitrogens with zero attached hydrogens (tertiary/aromatic N) is 4. The average Bonchev–Trinajstić information content (AvgIpc) is 2.77. The minimum Gasteiger partial charge on any atom is -0.463 e. The van der Waals surface area contributed by atoms with Crippen LogP contribution in [0.3, 0.4) is 0 Å². The van der Waals surface area contributed by atoms with Gasteiger partial charge in [-0.2, -0.15) is 0 Å². The summed E-state index contributed by atoms with van der Waals surface area (Å²) in [6, 6.07) is 0. The van der Waals surface area contributed by atoms with Gasteiger partial charge in [0.1, 0.15) is 23.6 Å². The van der Waals surface area contributed by atoms with Crippen molar-refractivity contribution in [2.24, 2.45) is 5.11 Å². The number of carbonyl (C=O) groups is 1. The van der Waals surface area contributed by atoms with Crippen LogP contribution in [0, 0.1) is 11.6 Å². The van der Waals surface area contributed by atoms with E-state index in [4.69, 9.17) is 27.2 Å². The van der Waals surface area contributed by atoms with E-state index in [1.807, 2.05) is 0 Å². The Balaban J connectivity index is 2.34. The smallest absolute Gasteiger partial charge is 0.328 e. The zero-order valence-electron chi connectivity index (χ0n) is 12.4. The highest BCUT2D eigenvalue weighted by Gasteiger charge is 2.48. The molecule has 0 unspecified atom stereocenters. The molecule has 1 fully saturated rings. The van der Waals surface area contributed by atoms with E-state index in [0.29, 0.717) is 10.2 Å². The quantitative estimate of drug-likeness (QED) is 0.276. The molecule has 11 heteroatoms. The van der Waals surface area contributed by atoms with Gasteiger partial charge in [0.25, 0.3) is 0 Å². The summed E-state index contributed by atoms with van der Waals surface area (Å²) in [7, 11) is 0. The molecule has 1 saturated heterocycles. The number of aromatic amines is 1. The third-order valence-electron chi connectivity index (χ3n) is 3.42. The normalized spacial score (nSPS) is 26.6. The Morgan fingerprint density at radius 2 is 2.48 bits per heavy atom. The summed E-state index contributed by atoms with van der Waals surface area (Å²) >= 11 is 4.97. The van der Waals surface area contributed by atoms with Gasteiger partial charge in [0.2, 0.25) is 0 Å². The minimum atomic E-state index is -1.94.